The Hall–Kier alpha value is -0.570. The highest BCUT2D eigenvalue weighted by molar-refractivity contribution is 5.73. The van der Waals surface area contributed by atoms with Gasteiger partial charge in [-0.3, -0.25) is 4.79 Å². The van der Waals surface area contributed by atoms with Crippen molar-refractivity contribution >= 4 is 5.91 Å². The molecule has 0 aromatic heterocycles. The van der Waals surface area contributed by atoms with Gasteiger partial charge in [-0.05, 0) is 6.42 Å². The third-order valence-corrected chi connectivity index (χ3v) is 2.68. The molecule has 0 spiro atoms. The second-order valence-corrected chi connectivity index (χ2v) is 3.40. The monoisotopic (exact) mass is 171 g/mol. The number of ether oxygens (including phenoxy) is 1. The Bertz CT molecular complexity index is 170. The summed E-state index contributed by atoms with van der Waals surface area (Å²) in [5, 5.41) is 0. The van der Waals surface area contributed by atoms with Gasteiger partial charge < -0.3 is 9.64 Å². The maximum Gasteiger partial charge on any atom is 0.219 e. The number of likely N-dealkylation sites (N-methyl/N-ethyl adjacent to an activating group) is 1. The van der Waals surface area contributed by atoms with Crippen molar-refractivity contribution in [2.24, 2.45) is 5.92 Å². The minimum Gasteiger partial charge on any atom is -0.379 e. The molecule has 0 radical (unpaired) electrons. The molecule has 0 N–H and O–H groups in total. The third kappa shape index (κ3) is 1.78. The lowest BCUT2D eigenvalue weighted by atomic mass is 10.00. The van der Waals surface area contributed by atoms with Gasteiger partial charge in [0.05, 0.1) is 19.3 Å². The molecule has 1 rings (SSSR count). The minimum absolute atomic E-state index is 0.129. The molecule has 1 saturated heterocycles. The summed E-state index contributed by atoms with van der Waals surface area (Å²) < 4.78 is 5.34. The molecule has 0 aromatic rings. The molecule has 3 nitrogen and oxygen atoms in total. The van der Waals surface area contributed by atoms with Gasteiger partial charge in [0.25, 0.3) is 0 Å². The molecule has 0 saturated carbocycles. The SMILES string of the molecule is CCC1COCC1N(C)C(C)=O. The van der Waals surface area contributed by atoms with Gasteiger partial charge in [-0.1, -0.05) is 6.92 Å². The first-order chi connectivity index (χ1) is 5.66. The van der Waals surface area contributed by atoms with Crippen LogP contribution in [-0.2, 0) is 9.53 Å². The lowest BCUT2D eigenvalue weighted by Crippen LogP contribution is -2.40. The fourth-order valence-corrected chi connectivity index (χ4v) is 1.64. The van der Waals surface area contributed by atoms with Gasteiger partial charge in [0.15, 0.2) is 0 Å². The zero-order valence-corrected chi connectivity index (χ0v) is 8.04. The molecule has 0 bridgehead atoms. The molecule has 3 heteroatoms. The Balaban J connectivity index is 2.55. The van der Waals surface area contributed by atoms with Crippen LogP contribution in [0.5, 0.6) is 0 Å². The van der Waals surface area contributed by atoms with Crippen molar-refractivity contribution in [2.45, 2.75) is 26.3 Å². The lowest BCUT2D eigenvalue weighted by Gasteiger charge is -2.26. The van der Waals surface area contributed by atoms with Crippen LogP contribution in [0.15, 0.2) is 0 Å². The van der Waals surface area contributed by atoms with E-state index in [0.29, 0.717) is 18.6 Å². The summed E-state index contributed by atoms with van der Waals surface area (Å²) in [6.45, 7) is 5.25. The van der Waals surface area contributed by atoms with Crippen LogP contribution in [0, 0.1) is 5.92 Å². The number of carbonyl (C=O) groups is 1. The summed E-state index contributed by atoms with van der Waals surface area (Å²) >= 11 is 0. The molecule has 1 amide bonds. The Morgan fingerprint density at radius 1 is 1.58 bits per heavy atom. The van der Waals surface area contributed by atoms with Crippen LogP contribution in [0.1, 0.15) is 20.3 Å². The van der Waals surface area contributed by atoms with Crippen molar-refractivity contribution in [2.75, 3.05) is 20.3 Å². The molecule has 0 aliphatic carbocycles. The standard InChI is InChI=1S/C9H17NO2/c1-4-8-5-12-6-9(8)10(3)7(2)11/h8-9H,4-6H2,1-3H3. The summed E-state index contributed by atoms with van der Waals surface area (Å²) in [7, 11) is 1.85. The zero-order valence-electron chi connectivity index (χ0n) is 8.04. The largest absolute Gasteiger partial charge is 0.379 e. The molecule has 2 atom stereocenters. The van der Waals surface area contributed by atoms with Gasteiger partial charge in [0, 0.05) is 19.9 Å². The lowest BCUT2D eigenvalue weighted by molar-refractivity contribution is -0.130. The van der Waals surface area contributed by atoms with E-state index >= 15 is 0 Å². The zero-order chi connectivity index (χ0) is 9.14. The van der Waals surface area contributed by atoms with Crippen molar-refractivity contribution < 1.29 is 9.53 Å². The molecule has 1 aliphatic rings. The topological polar surface area (TPSA) is 29.5 Å². The van der Waals surface area contributed by atoms with E-state index in [1.807, 2.05) is 7.05 Å². The van der Waals surface area contributed by atoms with Crippen LogP contribution in [0.2, 0.25) is 0 Å². The summed E-state index contributed by atoms with van der Waals surface area (Å²) in [4.78, 5) is 12.9. The van der Waals surface area contributed by atoms with Crippen molar-refractivity contribution in [3.05, 3.63) is 0 Å². The number of nitrogens with zero attached hydrogens (tertiary/aromatic N) is 1. The van der Waals surface area contributed by atoms with Crippen LogP contribution in [-0.4, -0.2) is 37.1 Å². The Labute approximate surface area is 73.7 Å². The van der Waals surface area contributed by atoms with Gasteiger partial charge in [0.1, 0.15) is 0 Å². The van der Waals surface area contributed by atoms with Gasteiger partial charge >= 0.3 is 0 Å². The maximum atomic E-state index is 11.1. The first kappa shape index (κ1) is 9.52. The van der Waals surface area contributed by atoms with Gasteiger partial charge in [0.2, 0.25) is 5.91 Å². The summed E-state index contributed by atoms with van der Waals surface area (Å²) in [6, 6.07) is 0.299. The second-order valence-electron chi connectivity index (χ2n) is 3.40. The molecule has 0 aromatic carbocycles. The van der Waals surface area contributed by atoms with E-state index in [9.17, 15) is 4.79 Å². The molecular weight excluding hydrogens is 154 g/mol. The van der Waals surface area contributed by atoms with Crippen LogP contribution in [0.25, 0.3) is 0 Å². The van der Waals surface area contributed by atoms with Crippen LogP contribution in [0.4, 0.5) is 0 Å². The quantitative estimate of drug-likeness (QED) is 0.617. The molecular formula is C9H17NO2. The highest BCUT2D eigenvalue weighted by atomic mass is 16.5. The van der Waals surface area contributed by atoms with E-state index in [-0.39, 0.29) is 5.91 Å². The fourth-order valence-electron chi connectivity index (χ4n) is 1.64. The van der Waals surface area contributed by atoms with Crippen molar-refractivity contribution in [1.82, 2.24) is 4.90 Å². The summed E-state index contributed by atoms with van der Waals surface area (Å²) in [5.41, 5.74) is 0. The summed E-state index contributed by atoms with van der Waals surface area (Å²) in [5.74, 6) is 0.655. The van der Waals surface area contributed by atoms with Gasteiger partial charge in [-0.2, -0.15) is 0 Å². The smallest absolute Gasteiger partial charge is 0.219 e. The first-order valence-electron chi connectivity index (χ1n) is 4.48. The van der Waals surface area contributed by atoms with E-state index in [4.69, 9.17) is 4.74 Å². The predicted octanol–water partition coefficient (Wildman–Crippen LogP) is 0.890. The molecule has 1 heterocycles. The number of amides is 1. The highest BCUT2D eigenvalue weighted by Gasteiger charge is 2.30. The number of carbonyl (C=O) groups excluding carboxylic acids is 1. The van der Waals surface area contributed by atoms with E-state index < -0.39 is 0 Å². The van der Waals surface area contributed by atoms with E-state index in [0.717, 1.165) is 13.0 Å². The number of hydrogen-bond donors (Lipinski definition) is 0. The number of hydrogen-bond acceptors (Lipinski definition) is 2. The average molecular weight is 171 g/mol. The van der Waals surface area contributed by atoms with E-state index in [2.05, 4.69) is 6.92 Å². The molecule has 12 heavy (non-hydrogen) atoms. The normalized spacial score (nSPS) is 28.9. The van der Waals surface area contributed by atoms with Crippen LogP contribution < -0.4 is 0 Å². The molecule has 70 valence electrons. The predicted molar refractivity (Wildman–Crippen MR) is 46.8 cm³/mol. The van der Waals surface area contributed by atoms with Crippen molar-refractivity contribution in [1.29, 1.82) is 0 Å². The highest BCUT2D eigenvalue weighted by Crippen LogP contribution is 2.21. The third-order valence-electron chi connectivity index (χ3n) is 2.68. The summed E-state index contributed by atoms with van der Waals surface area (Å²) in [6.07, 6.45) is 1.09. The van der Waals surface area contributed by atoms with Crippen molar-refractivity contribution in [3.63, 3.8) is 0 Å². The van der Waals surface area contributed by atoms with Gasteiger partial charge in [-0.25, -0.2) is 0 Å². The van der Waals surface area contributed by atoms with Crippen LogP contribution in [0.3, 0.4) is 0 Å². The average Bonchev–Trinajstić information content (AvgIpc) is 2.49. The van der Waals surface area contributed by atoms with Crippen molar-refractivity contribution in [3.8, 4) is 0 Å². The Kier molecular flexibility index (Phi) is 3.09. The van der Waals surface area contributed by atoms with Gasteiger partial charge in [-0.15, -0.1) is 0 Å². The maximum absolute atomic E-state index is 11.1. The van der Waals surface area contributed by atoms with E-state index in [1.54, 1.807) is 11.8 Å². The second kappa shape index (κ2) is 3.90. The first-order valence-corrected chi connectivity index (χ1v) is 4.48. The molecule has 1 fully saturated rings. The Morgan fingerprint density at radius 3 is 2.75 bits per heavy atom. The fraction of sp³-hybridized carbons (Fsp3) is 0.889. The molecule has 2 unspecified atom stereocenters. The molecule has 1 aliphatic heterocycles. The van der Waals surface area contributed by atoms with E-state index in [1.165, 1.54) is 0 Å². The number of rotatable bonds is 2. The van der Waals surface area contributed by atoms with Crippen LogP contribution >= 0.6 is 0 Å². The minimum atomic E-state index is 0.129. The Morgan fingerprint density at radius 2 is 2.25 bits per heavy atom.